The predicted molar refractivity (Wildman–Crippen MR) is 115 cm³/mol. The van der Waals surface area contributed by atoms with Crippen LogP contribution in [0.25, 0.3) is 5.69 Å². The van der Waals surface area contributed by atoms with Crippen molar-refractivity contribution in [2.45, 2.75) is 25.7 Å². The van der Waals surface area contributed by atoms with Crippen LogP contribution >= 0.6 is 0 Å². The summed E-state index contributed by atoms with van der Waals surface area (Å²) in [6, 6.07) is 13.6. The molecule has 0 fully saturated rings. The Hall–Kier alpha value is -3.85. The lowest BCUT2D eigenvalue weighted by Crippen LogP contribution is -2.46. The maximum Gasteiger partial charge on any atom is 0.243 e. The van der Waals surface area contributed by atoms with E-state index in [0.717, 1.165) is 28.1 Å². The smallest absolute Gasteiger partial charge is 0.243 e. The van der Waals surface area contributed by atoms with Gasteiger partial charge in [-0.25, -0.2) is 4.68 Å². The zero-order chi connectivity index (χ0) is 21.0. The fourth-order valence-electron chi connectivity index (χ4n) is 4.76. The second-order valence-electron chi connectivity index (χ2n) is 7.80. The fraction of sp³-hybridized carbons (Fsp3) is 0.208. The Morgan fingerprint density at radius 1 is 1.10 bits per heavy atom. The molecule has 148 valence electrons. The average molecular weight is 396 g/mol. The van der Waals surface area contributed by atoms with E-state index in [1.807, 2.05) is 56.3 Å². The van der Waals surface area contributed by atoms with Gasteiger partial charge in [-0.3, -0.25) is 14.5 Å². The number of nitrogens with zero attached hydrogens (tertiary/aromatic N) is 3. The van der Waals surface area contributed by atoms with E-state index in [-0.39, 0.29) is 24.8 Å². The van der Waals surface area contributed by atoms with Crippen molar-refractivity contribution in [2.24, 2.45) is 0 Å². The molecule has 3 heterocycles. The molecule has 0 aliphatic carbocycles. The number of para-hydroxylation sites is 2. The molecule has 2 amide bonds. The van der Waals surface area contributed by atoms with Crippen LogP contribution in [0.2, 0.25) is 0 Å². The minimum Gasteiger partial charge on any atom is -0.310 e. The van der Waals surface area contributed by atoms with E-state index < -0.39 is 5.41 Å². The van der Waals surface area contributed by atoms with Gasteiger partial charge in [0.15, 0.2) is 0 Å². The number of carbonyl (C=O) groups excluding carboxylic acids is 2. The molecule has 0 saturated carbocycles. The third kappa shape index (κ3) is 2.23. The maximum atomic E-state index is 13.8. The standard InChI is InChI=1S/C24H20N4O2/c1-4-12-27-21-16(3)9-7-10-17(21)24(23(27)30)13-20(29)26-22-18(24)14-25-28(22)19-11-6-5-8-15(19)2/h1,5-11,14H,12-13H2,2-3H3,(H,26,29)/t24-/m1/s1. The lowest BCUT2D eigenvalue weighted by Gasteiger charge is -2.32. The number of amides is 2. The maximum absolute atomic E-state index is 13.8. The lowest BCUT2D eigenvalue weighted by atomic mass is 9.71. The SMILES string of the molecule is C#CCN1C(=O)[C@]2(CC(=O)Nc3c2cnn3-c2ccccc2C)c2cccc(C)c21. The number of hydrogen-bond donors (Lipinski definition) is 1. The Bertz CT molecular complexity index is 1270. The summed E-state index contributed by atoms with van der Waals surface area (Å²) in [6.07, 6.45) is 7.30. The van der Waals surface area contributed by atoms with Crippen molar-refractivity contribution in [3.63, 3.8) is 0 Å². The first-order valence-corrected chi connectivity index (χ1v) is 9.79. The molecule has 1 spiro atoms. The van der Waals surface area contributed by atoms with Crippen molar-refractivity contribution in [1.29, 1.82) is 0 Å². The topological polar surface area (TPSA) is 67.2 Å². The van der Waals surface area contributed by atoms with Crippen LogP contribution in [-0.2, 0) is 15.0 Å². The van der Waals surface area contributed by atoms with Crippen molar-refractivity contribution in [3.8, 4) is 18.0 Å². The summed E-state index contributed by atoms with van der Waals surface area (Å²) in [5, 5.41) is 7.52. The monoisotopic (exact) mass is 396 g/mol. The lowest BCUT2D eigenvalue weighted by molar-refractivity contribution is -0.126. The van der Waals surface area contributed by atoms with Crippen LogP contribution in [0.15, 0.2) is 48.7 Å². The second-order valence-corrected chi connectivity index (χ2v) is 7.80. The summed E-state index contributed by atoms with van der Waals surface area (Å²) in [7, 11) is 0. The molecule has 1 aromatic heterocycles. The predicted octanol–water partition coefficient (Wildman–Crippen LogP) is 3.10. The number of hydrogen-bond acceptors (Lipinski definition) is 3. The van der Waals surface area contributed by atoms with Crippen molar-refractivity contribution >= 4 is 23.3 Å². The number of aromatic nitrogens is 2. The third-order valence-electron chi connectivity index (χ3n) is 6.08. The second kappa shape index (κ2) is 6.33. The highest BCUT2D eigenvalue weighted by molar-refractivity contribution is 6.16. The first-order valence-electron chi connectivity index (χ1n) is 9.79. The van der Waals surface area contributed by atoms with E-state index in [4.69, 9.17) is 6.42 Å². The Labute approximate surface area is 174 Å². The summed E-state index contributed by atoms with van der Waals surface area (Å²) in [5.74, 6) is 2.72. The van der Waals surface area contributed by atoms with E-state index in [1.54, 1.807) is 15.8 Å². The molecule has 5 rings (SSSR count). The van der Waals surface area contributed by atoms with Gasteiger partial charge in [-0.05, 0) is 36.6 Å². The zero-order valence-corrected chi connectivity index (χ0v) is 16.8. The highest BCUT2D eigenvalue weighted by Crippen LogP contribution is 2.53. The van der Waals surface area contributed by atoms with Gasteiger partial charge in [-0.1, -0.05) is 42.3 Å². The van der Waals surface area contributed by atoms with E-state index in [9.17, 15) is 9.59 Å². The van der Waals surface area contributed by atoms with Gasteiger partial charge in [-0.2, -0.15) is 5.10 Å². The van der Waals surface area contributed by atoms with Gasteiger partial charge < -0.3 is 5.32 Å². The zero-order valence-electron chi connectivity index (χ0n) is 16.8. The van der Waals surface area contributed by atoms with Crippen LogP contribution in [-0.4, -0.2) is 28.1 Å². The number of benzene rings is 2. The van der Waals surface area contributed by atoms with Gasteiger partial charge in [0.25, 0.3) is 0 Å². The Balaban J connectivity index is 1.80. The molecule has 0 radical (unpaired) electrons. The summed E-state index contributed by atoms with van der Waals surface area (Å²) in [4.78, 5) is 28.3. The fourth-order valence-corrected chi connectivity index (χ4v) is 4.76. The van der Waals surface area contributed by atoms with Crippen LogP contribution in [0.3, 0.4) is 0 Å². The van der Waals surface area contributed by atoms with Crippen molar-refractivity contribution in [2.75, 3.05) is 16.8 Å². The molecule has 2 aliphatic heterocycles. The van der Waals surface area contributed by atoms with Crippen LogP contribution in [0.1, 0.15) is 28.7 Å². The average Bonchev–Trinajstić information content (AvgIpc) is 3.24. The number of anilines is 2. The van der Waals surface area contributed by atoms with Crippen molar-refractivity contribution in [3.05, 3.63) is 70.9 Å². The quantitative estimate of drug-likeness (QED) is 0.677. The van der Waals surface area contributed by atoms with Crippen molar-refractivity contribution in [1.82, 2.24) is 9.78 Å². The summed E-state index contributed by atoms with van der Waals surface area (Å²) in [6.45, 7) is 4.09. The normalized spacial score (nSPS) is 19.4. The number of nitrogens with one attached hydrogen (secondary N) is 1. The molecule has 1 atom stereocenters. The van der Waals surface area contributed by atoms with Crippen LogP contribution in [0.4, 0.5) is 11.5 Å². The molecule has 1 N–H and O–H groups in total. The Kier molecular flexibility index (Phi) is 3.84. The van der Waals surface area contributed by atoms with Gasteiger partial charge in [-0.15, -0.1) is 6.42 Å². The molecule has 2 aliphatic rings. The highest BCUT2D eigenvalue weighted by Gasteiger charge is 2.57. The number of rotatable bonds is 2. The van der Waals surface area contributed by atoms with E-state index >= 15 is 0 Å². The third-order valence-corrected chi connectivity index (χ3v) is 6.08. The number of terminal acetylenes is 1. The summed E-state index contributed by atoms with van der Waals surface area (Å²) in [5.41, 5.74) is 3.99. The minimum atomic E-state index is -1.13. The number of aryl methyl sites for hydroxylation is 2. The van der Waals surface area contributed by atoms with Crippen LogP contribution in [0, 0.1) is 26.2 Å². The van der Waals surface area contributed by atoms with Crippen molar-refractivity contribution < 1.29 is 9.59 Å². The summed E-state index contributed by atoms with van der Waals surface area (Å²) < 4.78 is 1.70. The number of carbonyl (C=O) groups is 2. The molecule has 6 nitrogen and oxygen atoms in total. The van der Waals surface area contributed by atoms with E-state index in [2.05, 4.69) is 16.3 Å². The number of fused-ring (bicyclic) bond motifs is 4. The van der Waals surface area contributed by atoms with Crippen LogP contribution in [0.5, 0.6) is 0 Å². The van der Waals surface area contributed by atoms with Gasteiger partial charge in [0.05, 0.1) is 24.1 Å². The van der Waals surface area contributed by atoms with Gasteiger partial charge in [0, 0.05) is 12.0 Å². The first-order chi connectivity index (χ1) is 14.5. The first kappa shape index (κ1) is 18.2. The molecular weight excluding hydrogens is 376 g/mol. The minimum absolute atomic E-state index is 0.0236. The Morgan fingerprint density at radius 2 is 1.87 bits per heavy atom. The highest BCUT2D eigenvalue weighted by atomic mass is 16.2. The molecule has 30 heavy (non-hydrogen) atoms. The molecule has 3 aromatic rings. The molecule has 0 unspecified atom stereocenters. The van der Waals surface area contributed by atoms with Gasteiger partial charge >= 0.3 is 0 Å². The molecule has 0 saturated heterocycles. The van der Waals surface area contributed by atoms with Gasteiger partial charge in [0.2, 0.25) is 11.8 Å². The molecule has 0 bridgehead atoms. The molecule has 2 aromatic carbocycles. The molecule has 6 heteroatoms. The van der Waals surface area contributed by atoms with Crippen LogP contribution < -0.4 is 10.2 Å². The Morgan fingerprint density at radius 3 is 2.63 bits per heavy atom. The van der Waals surface area contributed by atoms with E-state index in [0.29, 0.717) is 11.4 Å². The largest absolute Gasteiger partial charge is 0.310 e. The van der Waals surface area contributed by atoms with Gasteiger partial charge in [0.1, 0.15) is 11.2 Å². The van der Waals surface area contributed by atoms with E-state index in [1.165, 1.54) is 0 Å². The molecular formula is C24H20N4O2. The summed E-state index contributed by atoms with van der Waals surface area (Å²) >= 11 is 0.